The van der Waals surface area contributed by atoms with Crippen LogP contribution in [0.4, 0.5) is 0 Å². The Morgan fingerprint density at radius 3 is 0.441 bits per heavy atom. The summed E-state index contributed by atoms with van der Waals surface area (Å²) >= 11 is -2.41. The minimum absolute atomic E-state index is 0. The molecule has 0 aliphatic carbocycles. The molecule has 0 N–H and O–H groups in total. The molecule has 0 saturated carbocycles. The van der Waals surface area contributed by atoms with Crippen molar-refractivity contribution in [3.05, 3.63) is 243 Å². The van der Waals surface area contributed by atoms with Crippen molar-refractivity contribution in [2.75, 3.05) is 0 Å². The van der Waals surface area contributed by atoms with Crippen molar-refractivity contribution in [2.24, 2.45) is 0 Å². The molecule has 2 heterocycles. The summed E-state index contributed by atoms with van der Waals surface area (Å²) in [5.41, 5.74) is 0. The third-order valence-corrected chi connectivity index (χ3v) is 41.4. The van der Waals surface area contributed by atoms with E-state index in [-0.39, 0.29) is 24.8 Å². The molecule has 2 aliphatic heterocycles. The van der Waals surface area contributed by atoms with Crippen LogP contribution in [0, 0.1) is 0 Å². The molecule has 2 aliphatic rings. The summed E-state index contributed by atoms with van der Waals surface area (Å²) in [5, 5.41) is 12.3. The summed E-state index contributed by atoms with van der Waals surface area (Å²) in [5.74, 6) is 0. The molecule has 7 heteroatoms. The van der Waals surface area contributed by atoms with E-state index in [9.17, 15) is 0 Å². The van der Waals surface area contributed by atoms with E-state index < -0.39 is 47.2 Å². The van der Waals surface area contributed by atoms with Crippen molar-refractivity contribution in [3.63, 3.8) is 0 Å². The van der Waals surface area contributed by atoms with Gasteiger partial charge in [-0.1, -0.05) is 0 Å². The van der Waals surface area contributed by atoms with E-state index in [0.29, 0.717) is 16.5 Å². The van der Waals surface area contributed by atoms with Crippen LogP contribution in [0.3, 0.4) is 0 Å². The number of hydrogen-bond donors (Lipinski definition) is 0. The van der Waals surface area contributed by atoms with E-state index in [4.69, 9.17) is 0 Å². The molecule has 0 bridgehead atoms. The van der Waals surface area contributed by atoms with Crippen LogP contribution in [0.25, 0.3) is 0 Å². The molecule has 8 aromatic carbocycles. The van der Waals surface area contributed by atoms with E-state index in [1.54, 1.807) is 0 Å². The molecule has 0 nitrogen and oxygen atoms in total. The predicted molar refractivity (Wildman–Crippen MR) is 266 cm³/mol. The average molecular weight is 972 g/mol. The van der Waals surface area contributed by atoms with Gasteiger partial charge < -0.3 is 0 Å². The van der Waals surface area contributed by atoms with Crippen molar-refractivity contribution in [2.45, 2.75) is 16.5 Å². The Morgan fingerprint density at radius 2 is 0.322 bits per heavy atom. The number of benzene rings is 8. The quantitative estimate of drug-likeness (QED) is 0.0845. The normalized spacial score (nSPS) is 21.4. The zero-order chi connectivity index (χ0) is 38.0. The fourth-order valence-electron chi connectivity index (χ4n) is 8.28. The fraction of sp³-hybridized carbons (Fsp3) is 0.0769. The van der Waals surface area contributed by atoms with Gasteiger partial charge in [-0.15, -0.1) is 24.8 Å². The maximum atomic E-state index is 2.46. The third-order valence-electron chi connectivity index (χ3n) is 10.8. The fourth-order valence-corrected chi connectivity index (χ4v) is 54.9. The van der Waals surface area contributed by atoms with Crippen molar-refractivity contribution in [3.8, 4) is 0 Å². The zero-order valence-electron chi connectivity index (χ0n) is 32.3. The Balaban J connectivity index is 0.00000242. The molecule has 4 atom stereocenters. The molecular weight excluding hydrogens is 926 g/mol. The van der Waals surface area contributed by atoms with Crippen LogP contribution in [0.1, 0.15) is 0 Å². The van der Waals surface area contributed by atoms with Crippen molar-refractivity contribution >= 4 is 98.9 Å². The van der Waals surface area contributed by atoms with Crippen LogP contribution < -0.4 is 42.4 Å². The Labute approximate surface area is 370 Å². The number of rotatable bonds is 12. The summed E-state index contributed by atoms with van der Waals surface area (Å²) in [7, 11) is -2.61. The molecule has 1 spiro atoms. The van der Waals surface area contributed by atoms with E-state index in [1.807, 2.05) is 0 Å². The first-order valence-corrected chi connectivity index (χ1v) is 28.7. The van der Waals surface area contributed by atoms with Gasteiger partial charge in [0.25, 0.3) is 0 Å². The SMILES string of the molecule is Cl.Cl.c1ccc(P(c2ccccc2)[C@H]2[C@H](P(c3ccccc3)c3ccccc3)[Pd]23[C@@H](P(c2ccccc2)c2ccccc2)[C@H]3P(c2ccccc2)c2ccccc2)cc1. The van der Waals surface area contributed by atoms with Gasteiger partial charge in [0.2, 0.25) is 0 Å². The number of hydrogen-bond acceptors (Lipinski definition) is 0. The molecule has 298 valence electrons. The van der Waals surface area contributed by atoms with Gasteiger partial charge in [0.05, 0.1) is 0 Å². The first-order valence-electron chi connectivity index (χ1n) is 19.5. The second-order valence-corrected chi connectivity index (χ2v) is 33.1. The van der Waals surface area contributed by atoms with Gasteiger partial charge in [-0.05, 0) is 0 Å². The number of halogens is 2. The van der Waals surface area contributed by atoms with Crippen LogP contribution in [0.5, 0.6) is 0 Å². The molecule has 0 amide bonds. The maximum absolute atomic E-state index is 2.46. The van der Waals surface area contributed by atoms with Gasteiger partial charge in [-0.25, -0.2) is 0 Å². The van der Waals surface area contributed by atoms with Crippen LogP contribution in [-0.2, 0) is 15.5 Å². The van der Waals surface area contributed by atoms with Gasteiger partial charge >= 0.3 is 349 Å². The molecule has 10 rings (SSSR count). The molecule has 2 fully saturated rings. The summed E-state index contributed by atoms with van der Waals surface area (Å²) in [6, 6.07) is 93.8. The van der Waals surface area contributed by atoms with Gasteiger partial charge in [0.15, 0.2) is 0 Å². The van der Waals surface area contributed by atoms with Crippen molar-refractivity contribution in [1.82, 2.24) is 0 Å². The summed E-state index contributed by atoms with van der Waals surface area (Å²) in [4.78, 5) is 0. The van der Waals surface area contributed by atoms with Gasteiger partial charge in [0, 0.05) is 0 Å². The second-order valence-electron chi connectivity index (χ2n) is 14.1. The minimum atomic E-state index is -2.41. The molecule has 0 aromatic heterocycles. The molecule has 2 saturated heterocycles. The standard InChI is InChI=1S/2C26H22P2.2ClH.Pd/c2*1-5-13-23(14-6-1)27(24-15-7-2-8-16-24)21-22-28(25-17-9-3-10-18-25)26-19-11-4-12-20-26;;;/h2*1-22H;2*1H;. The predicted octanol–water partition coefficient (Wildman–Crippen LogP) is 10.8. The third kappa shape index (κ3) is 8.14. The summed E-state index contributed by atoms with van der Waals surface area (Å²) in [6.45, 7) is 0. The molecule has 59 heavy (non-hydrogen) atoms. The van der Waals surface area contributed by atoms with Gasteiger partial charge in [0.1, 0.15) is 0 Å². The van der Waals surface area contributed by atoms with Crippen molar-refractivity contribution in [1.29, 1.82) is 0 Å². The molecule has 8 aromatic rings. The Bertz CT molecular complexity index is 1990. The van der Waals surface area contributed by atoms with Crippen LogP contribution >= 0.6 is 56.5 Å². The monoisotopic (exact) mass is 970 g/mol. The first kappa shape index (κ1) is 42.4. The first-order chi connectivity index (χ1) is 28.4. The van der Waals surface area contributed by atoms with Gasteiger partial charge in [-0.3, -0.25) is 0 Å². The second kappa shape index (κ2) is 19.2. The van der Waals surface area contributed by atoms with E-state index >= 15 is 0 Å². The Hall–Kier alpha value is -3.28. The summed E-state index contributed by atoms with van der Waals surface area (Å²) < 4.78 is 2.58. The van der Waals surface area contributed by atoms with E-state index in [2.05, 4.69) is 243 Å². The van der Waals surface area contributed by atoms with Crippen LogP contribution in [-0.4, -0.2) is 16.5 Å². The van der Waals surface area contributed by atoms with Crippen LogP contribution in [0.15, 0.2) is 243 Å². The average Bonchev–Trinajstić information content (AvgIpc) is 4.16. The van der Waals surface area contributed by atoms with Crippen molar-refractivity contribution < 1.29 is 15.5 Å². The van der Waals surface area contributed by atoms with Gasteiger partial charge in [-0.2, -0.15) is 0 Å². The molecular formula is C52H46Cl2P4Pd. The van der Waals surface area contributed by atoms with E-state index in [0.717, 1.165) is 0 Å². The topological polar surface area (TPSA) is 0 Å². The molecule has 0 unspecified atom stereocenters. The Kier molecular flexibility index (Phi) is 13.8. The zero-order valence-corrected chi connectivity index (χ0v) is 39.1. The summed E-state index contributed by atoms with van der Waals surface area (Å²) in [6.07, 6.45) is 0. The van der Waals surface area contributed by atoms with Crippen LogP contribution in [0.2, 0.25) is 0 Å². The Morgan fingerprint density at radius 1 is 0.203 bits per heavy atom. The molecule has 0 radical (unpaired) electrons. The van der Waals surface area contributed by atoms with E-state index in [1.165, 1.54) is 42.4 Å².